The maximum Gasteiger partial charge on any atom is 0.413 e. The first-order valence-electron chi connectivity index (χ1n) is 8.31. The lowest BCUT2D eigenvalue weighted by molar-refractivity contribution is 0.158. The molecule has 6 nitrogen and oxygen atoms in total. The number of benzene rings is 2. The van der Waals surface area contributed by atoms with Gasteiger partial charge in [0.1, 0.15) is 11.6 Å². The van der Waals surface area contributed by atoms with E-state index in [0.717, 1.165) is 0 Å². The van der Waals surface area contributed by atoms with Gasteiger partial charge in [-0.3, -0.25) is 5.32 Å². The summed E-state index contributed by atoms with van der Waals surface area (Å²) in [6.45, 7) is 0.252. The van der Waals surface area contributed by atoms with E-state index in [0.29, 0.717) is 16.6 Å². The lowest BCUT2D eigenvalue weighted by Crippen LogP contribution is -2.17. The van der Waals surface area contributed by atoms with Gasteiger partial charge in [-0.15, -0.1) is 10.2 Å². The Labute approximate surface area is 154 Å². The predicted octanol–water partition coefficient (Wildman–Crippen LogP) is 3.43. The number of ether oxygens (including phenoxy) is 1. The minimum absolute atomic E-state index is 0.000419. The molecule has 1 heterocycles. The predicted molar refractivity (Wildman–Crippen MR) is 99.4 cm³/mol. The van der Waals surface area contributed by atoms with Gasteiger partial charge in [-0.1, -0.05) is 59.9 Å². The topological polar surface area (TPSA) is 84.3 Å². The number of aromatic nitrogens is 2. The normalized spacial score (nSPS) is 12.5. The SMILES string of the molecule is O=C(Nc1nnc(CCO)s1)OCC1c2ccccc2-c2ccccc21. The van der Waals surface area contributed by atoms with Gasteiger partial charge in [-0.2, -0.15) is 0 Å². The van der Waals surface area contributed by atoms with Crippen LogP contribution in [0.25, 0.3) is 11.1 Å². The first-order chi connectivity index (χ1) is 12.8. The summed E-state index contributed by atoms with van der Waals surface area (Å²) >= 11 is 1.23. The van der Waals surface area contributed by atoms with Gasteiger partial charge in [-0.25, -0.2) is 4.79 Å². The fourth-order valence-electron chi connectivity index (χ4n) is 3.22. The van der Waals surface area contributed by atoms with E-state index in [1.807, 2.05) is 24.3 Å². The number of nitrogens with one attached hydrogen (secondary N) is 1. The third-order valence-corrected chi connectivity index (χ3v) is 5.24. The van der Waals surface area contributed by atoms with Gasteiger partial charge in [0.05, 0.1) is 0 Å². The van der Waals surface area contributed by atoms with Crippen LogP contribution in [-0.2, 0) is 11.2 Å². The summed E-state index contributed by atoms with van der Waals surface area (Å²) in [4.78, 5) is 12.1. The summed E-state index contributed by atoms with van der Waals surface area (Å²) in [7, 11) is 0. The van der Waals surface area contributed by atoms with Crippen molar-refractivity contribution in [2.45, 2.75) is 12.3 Å². The molecule has 3 aromatic rings. The number of rotatable bonds is 5. The molecule has 26 heavy (non-hydrogen) atoms. The van der Waals surface area contributed by atoms with Crippen molar-refractivity contribution in [2.75, 3.05) is 18.5 Å². The molecule has 0 fully saturated rings. The van der Waals surface area contributed by atoms with Crippen LogP contribution in [0.4, 0.5) is 9.93 Å². The molecule has 0 atom stereocenters. The number of fused-ring (bicyclic) bond motifs is 3. The highest BCUT2D eigenvalue weighted by atomic mass is 32.1. The van der Waals surface area contributed by atoms with E-state index >= 15 is 0 Å². The molecule has 4 rings (SSSR count). The highest BCUT2D eigenvalue weighted by molar-refractivity contribution is 7.15. The summed E-state index contributed by atoms with van der Waals surface area (Å²) in [5, 5.41) is 20.3. The maximum atomic E-state index is 12.1. The molecule has 0 spiro atoms. The molecule has 1 aliphatic rings. The first-order valence-corrected chi connectivity index (χ1v) is 9.13. The number of hydrogen-bond donors (Lipinski definition) is 2. The van der Waals surface area contributed by atoms with Gasteiger partial charge in [0.15, 0.2) is 0 Å². The Balaban J connectivity index is 1.45. The summed E-state index contributed by atoms with van der Waals surface area (Å²) in [5.41, 5.74) is 4.72. The Hall–Kier alpha value is -2.77. The Morgan fingerprint density at radius 1 is 1.08 bits per heavy atom. The van der Waals surface area contributed by atoms with E-state index in [4.69, 9.17) is 9.84 Å². The number of carbonyl (C=O) groups is 1. The molecule has 2 N–H and O–H groups in total. The van der Waals surface area contributed by atoms with Gasteiger partial charge in [-0.05, 0) is 22.3 Å². The molecule has 1 amide bonds. The van der Waals surface area contributed by atoms with Crippen LogP contribution in [0.5, 0.6) is 0 Å². The highest BCUT2D eigenvalue weighted by Gasteiger charge is 2.29. The van der Waals surface area contributed by atoms with Crippen molar-refractivity contribution in [3.63, 3.8) is 0 Å². The second kappa shape index (κ2) is 7.23. The zero-order valence-electron chi connectivity index (χ0n) is 13.9. The molecule has 1 aliphatic carbocycles. The van der Waals surface area contributed by atoms with E-state index in [2.05, 4.69) is 39.8 Å². The third kappa shape index (κ3) is 3.18. The van der Waals surface area contributed by atoms with Crippen molar-refractivity contribution < 1.29 is 14.6 Å². The lowest BCUT2D eigenvalue weighted by Gasteiger charge is -2.13. The van der Waals surface area contributed by atoms with Crippen LogP contribution in [0.3, 0.4) is 0 Å². The second-order valence-electron chi connectivity index (χ2n) is 5.93. The molecule has 2 aromatic carbocycles. The van der Waals surface area contributed by atoms with Crippen molar-refractivity contribution in [1.82, 2.24) is 10.2 Å². The van der Waals surface area contributed by atoms with Gasteiger partial charge < -0.3 is 9.84 Å². The first kappa shape index (κ1) is 16.7. The zero-order chi connectivity index (χ0) is 17.9. The maximum absolute atomic E-state index is 12.1. The molecule has 0 saturated heterocycles. The Kier molecular flexibility index (Phi) is 4.64. The summed E-state index contributed by atoms with van der Waals surface area (Å²) < 4.78 is 5.45. The van der Waals surface area contributed by atoms with Gasteiger partial charge in [0.2, 0.25) is 5.13 Å². The third-order valence-electron chi connectivity index (χ3n) is 4.35. The molecular weight excluding hydrogens is 350 g/mol. The smallest absolute Gasteiger partial charge is 0.413 e. The summed E-state index contributed by atoms with van der Waals surface area (Å²) in [5.74, 6) is 0.0209. The van der Waals surface area contributed by atoms with Crippen molar-refractivity contribution >= 4 is 22.6 Å². The van der Waals surface area contributed by atoms with Crippen molar-refractivity contribution in [3.05, 3.63) is 64.7 Å². The lowest BCUT2D eigenvalue weighted by atomic mass is 9.98. The minimum atomic E-state index is -0.557. The second-order valence-corrected chi connectivity index (χ2v) is 6.99. The van der Waals surface area contributed by atoms with Gasteiger partial charge >= 0.3 is 6.09 Å². The Morgan fingerprint density at radius 3 is 2.38 bits per heavy atom. The van der Waals surface area contributed by atoms with Crippen molar-refractivity contribution in [2.24, 2.45) is 0 Å². The fourth-order valence-corrected chi connectivity index (χ4v) is 3.94. The molecular formula is C19H17N3O3S. The number of anilines is 1. The molecule has 0 saturated carbocycles. The van der Waals surface area contributed by atoms with Crippen LogP contribution in [0.1, 0.15) is 22.1 Å². The molecule has 0 bridgehead atoms. The largest absolute Gasteiger partial charge is 0.448 e. The molecule has 1 aromatic heterocycles. The van der Waals surface area contributed by atoms with E-state index in [1.165, 1.54) is 33.6 Å². The van der Waals surface area contributed by atoms with E-state index in [1.54, 1.807) is 0 Å². The van der Waals surface area contributed by atoms with E-state index in [9.17, 15) is 4.79 Å². The molecule has 132 valence electrons. The van der Waals surface area contributed by atoms with Crippen molar-refractivity contribution in [1.29, 1.82) is 0 Å². The minimum Gasteiger partial charge on any atom is -0.448 e. The van der Waals surface area contributed by atoms with Crippen LogP contribution in [-0.4, -0.2) is 34.6 Å². The van der Waals surface area contributed by atoms with Crippen LogP contribution in [0, 0.1) is 0 Å². The van der Waals surface area contributed by atoms with Gasteiger partial charge in [0.25, 0.3) is 0 Å². The monoisotopic (exact) mass is 367 g/mol. The van der Waals surface area contributed by atoms with Crippen LogP contribution in [0.2, 0.25) is 0 Å². The highest BCUT2D eigenvalue weighted by Crippen LogP contribution is 2.44. The standard InChI is InChI=1S/C19H17N3O3S/c23-10-9-17-21-22-18(26-17)20-19(24)25-11-16-14-7-3-1-5-12(14)13-6-2-4-8-15(13)16/h1-8,16,23H,9-11H2,(H,20,22,24). The summed E-state index contributed by atoms with van der Waals surface area (Å²) in [6, 6.07) is 16.4. The number of aliphatic hydroxyl groups excluding tert-OH is 1. The molecule has 0 aliphatic heterocycles. The number of hydrogen-bond acceptors (Lipinski definition) is 6. The molecule has 0 unspecified atom stereocenters. The van der Waals surface area contributed by atoms with Crippen molar-refractivity contribution in [3.8, 4) is 11.1 Å². The number of nitrogens with zero attached hydrogens (tertiary/aromatic N) is 2. The quantitative estimate of drug-likeness (QED) is 0.722. The van der Waals surface area contributed by atoms with E-state index < -0.39 is 6.09 Å². The fraction of sp³-hybridized carbons (Fsp3) is 0.211. The Bertz CT molecular complexity index is 896. The van der Waals surface area contributed by atoms with E-state index in [-0.39, 0.29) is 19.1 Å². The van der Waals surface area contributed by atoms with Gasteiger partial charge in [0, 0.05) is 18.9 Å². The summed E-state index contributed by atoms with van der Waals surface area (Å²) in [6.07, 6.45) is -0.136. The number of amides is 1. The number of aliphatic hydroxyl groups is 1. The zero-order valence-corrected chi connectivity index (χ0v) is 14.7. The average molecular weight is 367 g/mol. The molecule has 7 heteroatoms. The van der Waals surface area contributed by atoms with Crippen LogP contribution >= 0.6 is 11.3 Å². The Morgan fingerprint density at radius 2 is 1.73 bits per heavy atom. The van der Waals surface area contributed by atoms with Crippen LogP contribution < -0.4 is 5.32 Å². The average Bonchev–Trinajstić information content (AvgIpc) is 3.23. The molecule has 0 radical (unpaired) electrons. The van der Waals surface area contributed by atoms with Crippen LogP contribution in [0.15, 0.2) is 48.5 Å². The number of carbonyl (C=O) groups excluding carboxylic acids is 1.